The molecule has 1 aliphatic heterocycles. The minimum Gasteiger partial charge on any atom is -0.507 e. The predicted molar refractivity (Wildman–Crippen MR) is 152 cm³/mol. The fraction of sp³-hybridized carbons (Fsp3) is 0.355. The van der Waals surface area contributed by atoms with Crippen molar-refractivity contribution in [2.75, 3.05) is 11.4 Å². The number of carbonyl (C=O) groups excluding carboxylic acids is 1. The number of amides is 1. The lowest BCUT2D eigenvalue weighted by Gasteiger charge is -2.30. The summed E-state index contributed by atoms with van der Waals surface area (Å²) in [6, 6.07) is 10.4. The van der Waals surface area contributed by atoms with Crippen molar-refractivity contribution in [3.8, 4) is 5.75 Å². The number of sulfonamides is 1. The molecule has 1 atom stereocenters. The van der Waals surface area contributed by atoms with Crippen LogP contribution in [0.4, 0.5) is 18.9 Å². The molecule has 1 aliphatic carbocycles. The van der Waals surface area contributed by atoms with Crippen molar-refractivity contribution in [2.45, 2.75) is 68.3 Å². The minimum absolute atomic E-state index is 0.0405. The Labute approximate surface area is 247 Å². The number of nitrogens with zero attached hydrogens (tertiary/aromatic N) is 2. The maximum atomic E-state index is 14.6. The Balaban J connectivity index is 1.49. The number of hydrogen-bond acceptors (Lipinski definition) is 5. The summed E-state index contributed by atoms with van der Waals surface area (Å²) in [5.41, 5.74) is 1.59. The molecule has 3 aromatic carbocycles. The Morgan fingerprint density at radius 3 is 2.14 bits per heavy atom. The second-order valence-corrected chi connectivity index (χ2v) is 12.8. The van der Waals surface area contributed by atoms with Crippen molar-refractivity contribution in [3.05, 3.63) is 88.7 Å². The molecule has 0 radical (unpaired) electrons. The number of carbonyl (C=O) groups is 2. The van der Waals surface area contributed by atoms with E-state index < -0.39 is 56.0 Å². The minimum atomic E-state index is -4.90. The summed E-state index contributed by atoms with van der Waals surface area (Å²) >= 11 is 0. The van der Waals surface area contributed by atoms with E-state index in [1.807, 2.05) is 24.3 Å². The number of hydrogen-bond donors (Lipinski definition) is 2. The summed E-state index contributed by atoms with van der Waals surface area (Å²) in [5.74, 6) is -6.76. The van der Waals surface area contributed by atoms with Crippen LogP contribution in [-0.2, 0) is 21.4 Å². The van der Waals surface area contributed by atoms with Gasteiger partial charge in [0.15, 0.2) is 4.90 Å². The van der Waals surface area contributed by atoms with Gasteiger partial charge in [0, 0.05) is 30.4 Å². The van der Waals surface area contributed by atoms with Crippen molar-refractivity contribution in [1.82, 2.24) is 4.31 Å². The maximum absolute atomic E-state index is 14.6. The molecule has 1 saturated heterocycles. The van der Waals surface area contributed by atoms with E-state index in [0.717, 1.165) is 37.8 Å². The quantitative estimate of drug-likeness (QED) is 0.324. The van der Waals surface area contributed by atoms with Gasteiger partial charge in [-0.3, -0.25) is 4.79 Å². The lowest BCUT2D eigenvalue weighted by atomic mass is 9.84. The van der Waals surface area contributed by atoms with Crippen LogP contribution in [0.15, 0.2) is 59.5 Å². The third kappa shape index (κ3) is 6.25. The topological polar surface area (TPSA) is 115 Å². The Kier molecular flexibility index (Phi) is 8.79. The van der Waals surface area contributed by atoms with Crippen LogP contribution in [-0.4, -0.2) is 47.4 Å². The molecule has 43 heavy (non-hydrogen) atoms. The number of carboxylic acid groups (broad SMARTS) is 1. The number of rotatable bonds is 8. The van der Waals surface area contributed by atoms with Crippen LogP contribution in [0.3, 0.4) is 0 Å². The van der Waals surface area contributed by atoms with Crippen LogP contribution in [0.25, 0.3) is 0 Å². The number of carboxylic acids is 1. The normalized spacial score (nSPS) is 18.1. The van der Waals surface area contributed by atoms with E-state index in [4.69, 9.17) is 0 Å². The molecule has 2 fully saturated rings. The van der Waals surface area contributed by atoms with Gasteiger partial charge >= 0.3 is 5.97 Å². The molecule has 1 unspecified atom stereocenters. The van der Waals surface area contributed by atoms with Crippen molar-refractivity contribution in [1.29, 1.82) is 0 Å². The van der Waals surface area contributed by atoms with E-state index in [0.29, 0.717) is 15.8 Å². The molecular weight excluding hydrogens is 585 g/mol. The SMILES string of the molecule is O=C(O)c1ccc(N(Cc2ccc(C3CCCCC3)cc2)C(=O)C2CCCN2S(=O)(=O)c2c(F)cc(F)cc2F)cc1O. The molecule has 8 nitrogen and oxygen atoms in total. The van der Waals surface area contributed by atoms with Gasteiger partial charge in [-0.25, -0.2) is 26.4 Å². The van der Waals surface area contributed by atoms with E-state index in [1.54, 1.807) is 0 Å². The molecule has 5 rings (SSSR count). The molecule has 1 amide bonds. The van der Waals surface area contributed by atoms with Gasteiger partial charge in [-0.1, -0.05) is 43.5 Å². The average Bonchev–Trinajstić information content (AvgIpc) is 3.47. The van der Waals surface area contributed by atoms with Crippen molar-refractivity contribution < 1.29 is 41.4 Å². The van der Waals surface area contributed by atoms with Crippen molar-refractivity contribution in [2.24, 2.45) is 0 Å². The predicted octanol–water partition coefficient (Wildman–Crippen LogP) is 5.94. The molecule has 0 aromatic heterocycles. The van der Waals surface area contributed by atoms with Gasteiger partial charge < -0.3 is 15.1 Å². The Bertz CT molecular complexity index is 1620. The molecule has 2 N–H and O–H groups in total. The molecular formula is C31H31F3N2O6S. The summed E-state index contributed by atoms with van der Waals surface area (Å²) in [6.07, 6.45) is 5.99. The average molecular weight is 617 g/mol. The van der Waals surface area contributed by atoms with Crippen LogP contribution in [0, 0.1) is 17.5 Å². The summed E-state index contributed by atoms with van der Waals surface area (Å²) in [6.45, 7) is -0.262. The molecule has 12 heteroatoms. The molecule has 1 saturated carbocycles. The van der Waals surface area contributed by atoms with Gasteiger partial charge in [0.1, 0.15) is 34.8 Å². The van der Waals surface area contributed by atoms with Crippen LogP contribution in [0.1, 0.15) is 72.3 Å². The first-order chi connectivity index (χ1) is 20.5. The van der Waals surface area contributed by atoms with Crippen LogP contribution in [0.2, 0.25) is 0 Å². The molecule has 0 spiro atoms. The fourth-order valence-corrected chi connectivity index (χ4v) is 7.77. The number of phenols is 1. The van der Waals surface area contributed by atoms with E-state index >= 15 is 0 Å². The highest BCUT2D eigenvalue weighted by atomic mass is 32.2. The summed E-state index contributed by atoms with van der Waals surface area (Å²) in [5, 5.41) is 19.7. The molecule has 2 aliphatic rings. The zero-order chi connectivity index (χ0) is 30.9. The van der Waals surface area contributed by atoms with Crippen LogP contribution < -0.4 is 4.90 Å². The van der Waals surface area contributed by atoms with Crippen LogP contribution in [0.5, 0.6) is 5.75 Å². The van der Waals surface area contributed by atoms with E-state index in [2.05, 4.69) is 0 Å². The van der Waals surface area contributed by atoms with E-state index in [9.17, 15) is 41.4 Å². The lowest BCUT2D eigenvalue weighted by molar-refractivity contribution is -0.121. The number of aromatic hydroxyl groups is 1. The molecule has 3 aromatic rings. The smallest absolute Gasteiger partial charge is 0.339 e. The van der Waals surface area contributed by atoms with Gasteiger partial charge in [0.25, 0.3) is 0 Å². The first-order valence-electron chi connectivity index (χ1n) is 14.1. The number of anilines is 1. The monoisotopic (exact) mass is 616 g/mol. The Hall–Kier alpha value is -3.90. The zero-order valence-corrected chi connectivity index (χ0v) is 24.0. The summed E-state index contributed by atoms with van der Waals surface area (Å²) < 4.78 is 70.2. The molecule has 1 heterocycles. The number of halogens is 3. The van der Waals surface area contributed by atoms with E-state index in [1.165, 1.54) is 23.0 Å². The highest BCUT2D eigenvalue weighted by Gasteiger charge is 2.44. The molecule has 0 bridgehead atoms. The standard InChI is InChI=1S/C31H31F3N2O6S/c32-22-15-25(33)29(26(34)16-22)43(41,42)36-14-4-7-27(36)30(38)35(23-12-13-24(31(39)40)28(37)17-23)18-19-8-10-21(11-9-19)20-5-2-1-3-6-20/h8-13,15-17,20,27,37H,1-7,14,18H2,(H,39,40). The van der Waals surface area contributed by atoms with Crippen LogP contribution >= 0.6 is 0 Å². The molecule has 228 valence electrons. The Morgan fingerprint density at radius 2 is 1.53 bits per heavy atom. The fourth-order valence-electron chi connectivity index (χ4n) is 6.03. The first kappa shape index (κ1) is 30.6. The number of benzene rings is 3. The highest BCUT2D eigenvalue weighted by Crippen LogP contribution is 2.35. The van der Waals surface area contributed by atoms with Gasteiger partial charge in [0.05, 0.1) is 6.54 Å². The second-order valence-electron chi connectivity index (χ2n) is 11.0. The second kappa shape index (κ2) is 12.4. The van der Waals surface area contributed by atoms with Gasteiger partial charge in [-0.15, -0.1) is 0 Å². The van der Waals surface area contributed by atoms with Gasteiger partial charge in [0.2, 0.25) is 15.9 Å². The highest BCUT2D eigenvalue weighted by molar-refractivity contribution is 7.89. The van der Waals surface area contributed by atoms with E-state index in [-0.39, 0.29) is 49.3 Å². The lowest BCUT2D eigenvalue weighted by Crippen LogP contribution is -2.48. The third-order valence-corrected chi connectivity index (χ3v) is 10.2. The largest absolute Gasteiger partial charge is 0.507 e. The zero-order valence-electron chi connectivity index (χ0n) is 23.2. The maximum Gasteiger partial charge on any atom is 0.339 e. The first-order valence-corrected chi connectivity index (χ1v) is 15.5. The Morgan fingerprint density at radius 1 is 0.884 bits per heavy atom. The van der Waals surface area contributed by atoms with Gasteiger partial charge in [-0.2, -0.15) is 4.31 Å². The van der Waals surface area contributed by atoms with Crippen molar-refractivity contribution in [3.63, 3.8) is 0 Å². The van der Waals surface area contributed by atoms with Crippen molar-refractivity contribution >= 4 is 27.6 Å². The number of aromatic carboxylic acids is 1. The van der Waals surface area contributed by atoms with Gasteiger partial charge in [-0.05, 0) is 54.9 Å². The summed E-state index contributed by atoms with van der Waals surface area (Å²) in [7, 11) is -4.90. The summed E-state index contributed by atoms with van der Waals surface area (Å²) in [4.78, 5) is 25.4. The third-order valence-electron chi connectivity index (χ3n) is 8.20.